The van der Waals surface area contributed by atoms with Crippen LogP contribution >= 0.6 is 22.9 Å². The van der Waals surface area contributed by atoms with Gasteiger partial charge in [-0.15, -0.1) is 11.3 Å². The van der Waals surface area contributed by atoms with E-state index in [1.807, 2.05) is 38.4 Å². The van der Waals surface area contributed by atoms with Crippen molar-refractivity contribution in [2.75, 3.05) is 85.1 Å². The quantitative estimate of drug-likeness (QED) is 0.119. The molecule has 6 bridgehead atoms. The molecule has 4 aliphatic rings. The molecule has 20 heteroatoms. The van der Waals surface area contributed by atoms with Crippen LogP contribution in [0.4, 0.5) is 14.5 Å². The predicted octanol–water partition coefficient (Wildman–Crippen LogP) is 6.43. The second-order valence-corrected chi connectivity index (χ2v) is 22.4. The maximum Gasteiger partial charge on any atom is 0.324 e. The Balaban J connectivity index is 1.18. The van der Waals surface area contributed by atoms with Crippen molar-refractivity contribution in [3.05, 3.63) is 51.9 Å². The molecule has 4 aromatic rings. The Labute approximate surface area is 430 Å². The number of amides is 3. The first kappa shape index (κ1) is 53.5. The summed E-state index contributed by atoms with van der Waals surface area (Å²) >= 11 is 6.78. The van der Waals surface area contributed by atoms with Crippen LogP contribution in [0.25, 0.3) is 33.4 Å². The van der Waals surface area contributed by atoms with Gasteiger partial charge in [-0.25, -0.2) is 19.2 Å². The molecule has 4 aliphatic heterocycles. The summed E-state index contributed by atoms with van der Waals surface area (Å²) in [4.78, 5) is 72.6. The minimum atomic E-state index is -2.17. The first-order valence-electron chi connectivity index (χ1n) is 25.4. The van der Waals surface area contributed by atoms with Crippen molar-refractivity contribution >= 4 is 63.2 Å². The Morgan fingerprint density at radius 2 is 1.83 bits per heavy atom. The van der Waals surface area contributed by atoms with E-state index in [-0.39, 0.29) is 62.5 Å². The Hall–Kier alpha value is -4.79. The summed E-state index contributed by atoms with van der Waals surface area (Å²) in [5, 5.41) is 8.22. The fraction of sp³-hybridized carbons (Fsp3) is 0.615. The maximum absolute atomic E-state index is 16.9. The van der Waals surface area contributed by atoms with Gasteiger partial charge in [0.2, 0.25) is 5.91 Å². The van der Waals surface area contributed by atoms with Crippen LogP contribution in [0.15, 0.2) is 29.8 Å². The molecular weight excluding hydrogens is 966 g/mol. The van der Waals surface area contributed by atoms with Gasteiger partial charge in [0.15, 0.2) is 0 Å². The summed E-state index contributed by atoms with van der Waals surface area (Å²) in [6.07, 6.45) is 3.58. The molecule has 7 heterocycles. The first-order valence-corrected chi connectivity index (χ1v) is 26.7. The number of rotatable bonds is 12. The summed E-state index contributed by atoms with van der Waals surface area (Å²) in [6, 6.07) is 3.67. The van der Waals surface area contributed by atoms with Crippen LogP contribution in [0.2, 0.25) is 0 Å². The molecule has 3 amide bonds. The number of halogens is 3. The van der Waals surface area contributed by atoms with Gasteiger partial charge in [-0.05, 0) is 76.3 Å². The number of carbonyl (C=O) groups is 4. The van der Waals surface area contributed by atoms with Crippen LogP contribution in [0.5, 0.6) is 0 Å². The van der Waals surface area contributed by atoms with Crippen molar-refractivity contribution in [1.29, 1.82) is 0 Å². The Morgan fingerprint density at radius 1 is 1.08 bits per heavy atom. The smallest absolute Gasteiger partial charge is 0.324 e. The molecule has 0 saturated carbocycles. The van der Waals surface area contributed by atoms with Gasteiger partial charge in [0.05, 0.1) is 64.2 Å². The fourth-order valence-corrected chi connectivity index (χ4v) is 11.7. The van der Waals surface area contributed by atoms with E-state index >= 15 is 4.39 Å². The van der Waals surface area contributed by atoms with Crippen molar-refractivity contribution < 1.29 is 37.4 Å². The number of benzene rings is 1. The number of carbonyl (C=O) groups excluding carboxylic acids is 4. The number of nitrogens with one attached hydrogen (secondary N) is 2. The monoisotopic (exact) mass is 1040 g/mol. The number of ether oxygens (including phenoxy) is 2. The number of thiazole rings is 1. The number of likely N-dealkylation sites (tertiary alicyclic amines) is 1. The molecule has 2 N–H and O–H groups in total. The normalized spacial score (nSPS) is 22.5. The molecule has 0 radical (unpaired) electrons. The predicted molar refractivity (Wildman–Crippen MR) is 276 cm³/mol. The number of fused-ring (bicyclic) bond motifs is 6. The van der Waals surface area contributed by atoms with Gasteiger partial charge in [-0.1, -0.05) is 39.3 Å². The van der Waals surface area contributed by atoms with E-state index in [1.54, 1.807) is 25.1 Å². The van der Waals surface area contributed by atoms with Gasteiger partial charge in [-0.3, -0.25) is 29.2 Å². The van der Waals surface area contributed by atoms with Gasteiger partial charge < -0.3 is 39.0 Å². The highest BCUT2D eigenvalue weighted by Gasteiger charge is 2.39. The van der Waals surface area contributed by atoms with Crippen LogP contribution in [0.1, 0.15) is 83.2 Å². The molecule has 6 atom stereocenters. The molecule has 3 aromatic heterocycles. The highest BCUT2D eigenvalue weighted by Crippen LogP contribution is 2.44. The molecule has 1 aromatic carbocycles. The lowest BCUT2D eigenvalue weighted by Gasteiger charge is -2.37. The average Bonchev–Trinajstić information content (AvgIpc) is 4.12. The molecule has 0 spiro atoms. The zero-order chi connectivity index (χ0) is 51.8. The van der Waals surface area contributed by atoms with E-state index in [2.05, 4.69) is 59.0 Å². The standard InChI is InChI=1S/C52H71ClF2N10O6S/c1-10-64-42-22-38(54)35-21-34(42)37(46(64)36-20-33(25-57-45(36)31(4)70-9)62-18-16-60(7)17-19-62)24-52(5,6)29-71-51(69)39-12-11-14-65(59-39)49(67)40(23-44-58-41(35)28-72-44)56-26-43(30(2)3)61(8)48(66)32-13-15-63(27-32)50(68)47(53)55/h20-22,25,28,30-32,39-40,43,47,56,59H,10-19,23-24,26-27,29H2,1-9H3/t31-,32-,39-,40-,43+,47-/m0/s1. The highest BCUT2D eigenvalue weighted by atomic mass is 35.5. The minimum absolute atomic E-state index is 0.0565. The third-order valence-corrected chi connectivity index (χ3v) is 16.1. The number of hydrogen-bond donors (Lipinski definition) is 2. The largest absolute Gasteiger partial charge is 0.464 e. The summed E-state index contributed by atoms with van der Waals surface area (Å²) < 4.78 is 44.9. The zero-order valence-electron chi connectivity index (χ0n) is 43.1. The molecule has 72 heavy (non-hydrogen) atoms. The van der Waals surface area contributed by atoms with Crippen molar-refractivity contribution in [2.24, 2.45) is 17.3 Å². The Bertz CT molecular complexity index is 2640. The number of aromatic nitrogens is 3. The van der Waals surface area contributed by atoms with E-state index in [1.165, 1.54) is 21.2 Å². The molecule has 392 valence electrons. The van der Waals surface area contributed by atoms with Gasteiger partial charge in [0, 0.05) is 113 Å². The summed E-state index contributed by atoms with van der Waals surface area (Å²) in [7, 11) is 5.51. The second kappa shape index (κ2) is 22.4. The van der Waals surface area contributed by atoms with Crippen molar-refractivity contribution in [2.45, 2.75) is 110 Å². The lowest BCUT2D eigenvalue weighted by Crippen LogP contribution is -2.61. The number of aryl methyl sites for hydroxylation is 1. The third kappa shape index (κ3) is 11.3. The van der Waals surface area contributed by atoms with Crippen LogP contribution in [-0.2, 0) is 48.0 Å². The van der Waals surface area contributed by atoms with Crippen LogP contribution in [0, 0.1) is 23.1 Å². The lowest BCUT2D eigenvalue weighted by molar-refractivity contribution is -0.155. The average molecular weight is 1040 g/mol. The van der Waals surface area contributed by atoms with E-state index in [9.17, 15) is 23.6 Å². The number of anilines is 1. The van der Waals surface area contributed by atoms with E-state index in [0.717, 1.165) is 59.8 Å². The first-order chi connectivity index (χ1) is 34.3. The number of esters is 1. The lowest BCUT2D eigenvalue weighted by atomic mass is 9.84. The van der Waals surface area contributed by atoms with Gasteiger partial charge >= 0.3 is 5.97 Å². The number of nitrogens with zero attached hydrogens (tertiary/aromatic N) is 8. The molecule has 0 unspecified atom stereocenters. The summed E-state index contributed by atoms with van der Waals surface area (Å²) in [5.41, 5.74) is 6.42. The summed E-state index contributed by atoms with van der Waals surface area (Å²) in [5.74, 6) is -2.84. The van der Waals surface area contributed by atoms with Gasteiger partial charge in [0.1, 0.15) is 11.9 Å². The van der Waals surface area contributed by atoms with Crippen LogP contribution < -0.4 is 15.6 Å². The van der Waals surface area contributed by atoms with E-state index in [0.29, 0.717) is 60.6 Å². The second-order valence-electron chi connectivity index (χ2n) is 21.1. The molecular formula is C52H71ClF2N10O6S. The fourth-order valence-electron chi connectivity index (χ4n) is 10.8. The number of alkyl halides is 2. The minimum Gasteiger partial charge on any atom is -0.464 e. The Kier molecular flexibility index (Phi) is 16.6. The molecule has 3 saturated heterocycles. The maximum atomic E-state index is 16.9. The molecule has 16 nitrogen and oxygen atoms in total. The SMILES string of the molecule is CCn1c(-c2cc(N3CCN(C)CC3)cnc2[C@H](C)OC)c2c3cc(c(F)cc31)-c1csc(n1)C[C@H](NC[C@H](C(C)C)N(C)C(=O)[C@H]1CCN(C(=O)[C@H](F)Cl)C1)C(=O)N1CCC[C@H](N1)C(=O)OCC(C)(C)C2. The number of cyclic esters (lactones) is 1. The number of pyridine rings is 1. The molecule has 3 fully saturated rings. The number of methoxy groups -OCH3 is 1. The summed E-state index contributed by atoms with van der Waals surface area (Å²) in [6.45, 7) is 17.2. The van der Waals surface area contributed by atoms with Crippen molar-refractivity contribution in [3.8, 4) is 22.5 Å². The van der Waals surface area contributed by atoms with E-state index < -0.39 is 46.7 Å². The van der Waals surface area contributed by atoms with Gasteiger partial charge in [-0.2, -0.15) is 0 Å². The number of likely N-dealkylation sites (N-methyl/N-ethyl adjacent to an activating group) is 2. The highest BCUT2D eigenvalue weighted by molar-refractivity contribution is 7.10. The van der Waals surface area contributed by atoms with E-state index in [4.69, 9.17) is 31.0 Å². The third-order valence-electron chi connectivity index (χ3n) is 15.1. The Morgan fingerprint density at radius 3 is 2.53 bits per heavy atom. The topological polar surface area (TPSA) is 158 Å². The molecule has 0 aliphatic carbocycles. The van der Waals surface area contributed by atoms with Crippen molar-refractivity contribution in [1.82, 2.24) is 45.0 Å². The van der Waals surface area contributed by atoms with Crippen LogP contribution in [-0.4, -0.2) is 162 Å². The zero-order valence-corrected chi connectivity index (χ0v) is 44.7. The van der Waals surface area contributed by atoms with Gasteiger partial charge in [0.25, 0.3) is 17.4 Å². The van der Waals surface area contributed by atoms with Crippen molar-refractivity contribution in [3.63, 3.8) is 0 Å². The molecule has 8 rings (SSSR count). The number of hydrazine groups is 1. The number of piperazine rings is 1. The number of hydrogen-bond acceptors (Lipinski definition) is 13. The van der Waals surface area contributed by atoms with Crippen LogP contribution in [0.3, 0.4) is 0 Å².